The number of aromatic nitrogens is 1. The number of esters is 1. The summed E-state index contributed by atoms with van der Waals surface area (Å²) in [6.07, 6.45) is 4.93. The number of ether oxygens (including phenoxy) is 1. The molecule has 0 aliphatic carbocycles. The van der Waals surface area contributed by atoms with Gasteiger partial charge in [-0.3, -0.25) is 0 Å². The summed E-state index contributed by atoms with van der Waals surface area (Å²) >= 11 is 1.59. The van der Waals surface area contributed by atoms with Crippen molar-refractivity contribution in [2.75, 3.05) is 25.1 Å². The third-order valence-electron chi connectivity index (χ3n) is 4.76. The van der Waals surface area contributed by atoms with Crippen molar-refractivity contribution in [3.8, 4) is 0 Å². The van der Waals surface area contributed by atoms with Crippen LogP contribution in [-0.2, 0) is 4.74 Å². The highest BCUT2D eigenvalue weighted by Gasteiger charge is 2.32. The second-order valence-corrected chi connectivity index (χ2v) is 6.77. The minimum atomic E-state index is -0.335. The van der Waals surface area contributed by atoms with E-state index in [0.29, 0.717) is 11.1 Å². The van der Waals surface area contributed by atoms with E-state index in [-0.39, 0.29) is 5.97 Å². The maximum Gasteiger partial charge on any atom is 0.357 e. The number of thiazole rings is 1. The number of hydrogen-bond acceptors (Lipinski definition) is 5. The first-order valence-corrected chi connectivity index (χ1v) is 8.17. The zero-order valence-corrected chi connectivity index (χ0v) is 13.7. The molecule has 0 amide bonds. The van der Waals surface area contributed by atoms with Gasteiger partial charge in [-0.05, 0) is 25.2 Å². The summed E-state index contributed by atoms with van der Waals surface area (Å²) in [7, 11) is 1.40. The molecule has 2 rings (SSSR count). The molecule has 0 unspecified atom stereocenters. The van der Waals surface area contributed by atoms with Gasteiger partial charge in [0.05, 0.1) is 7.11 Å². The highest BCUT2D eigenvalue weighted by Crippen LogP contribution is 2.40. The fourth-order valence-corrected chi connectivity index (χ4v) is 3.88. The molecule has 112 valence electrons. The van der Waals surface area contributed by atoms with E-state index in [0.717, 1.165) is 23.1 Å². The van der Waals surface area contributed by atoms with Gasteiger partial charge in [0.1, 0.15) is 0 Å². The molecule has 0 atom stereocenters. The van der Waals surface area contributed by atoms with Crippen molar-refractivity contribution in [3.05, 3.63) is 10.6 Å². The molecule has 0 bridgehead atoms. The Labute approximate surface area is 125 Å². The van der Waals surface area contributed by atoms with Gasteiger partial charge in [0.2, 0.25) is 0 Å². The number of nitrogens with zero attached hydrogens (tertiary/aromatic N) is 2. The zero-order chi connectivity index (χ0) is 14.8. The lowest BCUT2D eigenvalue weighted by molar-refractivity contribution is 0.0594. The van der Waals surface area contributed by atoms with Gasteiger partial charge < -0.3 is 9.64 Å². The highest BCUT2D eigenvalue weighted by molar-refractivity contribution is 7.15. The van der Waals surface area contributed by atoms with Crippen molar-refractivity contribution in [1.29, 1.82) is 0 Å². The molecule has 5 heteroatoms. The second-order valence-electron chi connectivity index (χ2n) is 5.59. The Hall–Kier alpha value is -1.10. The minimum Gasteiger partial charge on any atom is -0.464 e. The van der Waals surface area contributed by atoms with Crippen LogP contribution in [0.4, 0.5) is 5.13 Å². The predicted molar refractivity (Wildman–Crippen MR) is 82.7 cm³/mol. The van der Waals surface area contributed by atoms with E-state index < -0.39 is 0 Å². The molecule has 20 heavy (non-hydrogen) atoms. The summed E-state index contributed by atoms with van der Waals surface area (Å²) in [5.41, 5.74) is 0.976. The van der Waals surface area contributed by atoms with Gasteiger partial charge in [-0.2, -0.15) is 0 Å². The Morgan fingerprint density at radius 3 is 2.45 bits per heavy atom. The summed E-state index contributed by atoms with van der Waals surface area (Å²) in [5, 5.41) is 0.962. The van der Waals surface area contributed by atoms with Gasteiger partial charge in [0.15, 0.2) is 10.8 Å². The van der Waals surface area contributed by atoms with Crippen LogP contribution in [0.2, 0.25) is 0 Å². The summed E-state index contributed by atoms with van der Waals surface area (Å²) in [4.78, 5) is 19.4. The van der Waals surface area contributed by atoms with Gasteiger partial charge in [-0.15, -0.1) is 11.3 Å². The van der Waals surface area contributed by atoms with E-state index in [9.17, 15) is 4.79 Å². The first-order chi connectivity index (χ1) is 9.55. The monoisotopic (exact) mass is 296 g/mol. The third-order valence-corrected chi connectivity index (χ3v) is 5.79. The number of carbonyl (C=O) groups excluding carboxylic acids is 1. The summed E-state index contributed by atoms with van der Waals surface area (Å²) < 4.78 is 4.77. The Balaban J connectivity index is 2.09. The number of methoxy groups -OCH3 is 1. The lowest BCUT2D eigenvalue weighted by Crippen LogP contribution is -2.39. The molecule has 1 aliphatic heterocycles. The van der Waals surface area contributed by atoms with Crippen LogP contribution in [-0.4, -0.2) is 31.2 Å². The molecule has 4 nitrogen and oxygen atoms in total. The smallest absolute Gasteiger partial charge is 0.357 e. The standard InChI is InChI=1S/C15H24N2O2S/c1-5-15(6-2)7-9-17(10-8-15)14-16-12(11(3)20-14)13(18)19-4/h5-10H2,1-4H3. The number of carbonyl (C=O) groups is 1. The van der Waals surface area contributed by atoms with E-state index in [2.05, 4.69) is 23.7 Å². The first-order valence-electron chi connectivity index (χ1n) is 7.36. The summed E-state index contributed by atoms with van der Waals surface area (Å²) in [6, 6.07) is 0. The van der Waals surface area contributed by atoms with E-state index in [1.807, 2.05) is 6.92 Å². The van der Waals surface area contributed by atoms with Crippen molar-refractivity contribution in [2.45, 2.75) is 46.5 Å². The normalized spacial score (nSPS) is 18.1. The summed E-state index contributed by atoms with van der Waals surface area (Å²) in [5.74, 6) is -0.335. The van der Waals surface area contributed by atoms with Crippen LogP contribution in [0.1, 0.15) is 54.9 Å². The van der Waals surface area contributed by atoms with E-state index in [1.165, 1.54) is 32.8 Å². The van der Waals surface area contributed by atoms with Crippen molar-refractivity contribution >= 4 is 22.4 Å². The van der Waals surface area contributed by atoms with Crippen molar-refractivity contribution < 1.29 is 9.53 Å². The number of piperidine rings is 1. The van der Waals surface area contributed by atoms with Crippen LogP contribution in [0.15, 0.2) is 0 Å². The number of rotatable bonds is 4. The molecule has 0 radical (unpaired) electrons. The molecule has 1 fully saturated rings. The molecule has 2 heterocycles. The summed E-state index contributed by atoms with van der Waals surface area (Å²) in [6.45, 7) is 8.59. The molecule has 0 aromatic carbocycles. The molecule has 1 aromatic rings. The van der Waals surface area contributed by atoms with Gasteiger partial charge in [-0.25, -0.2) is 9.78 Å². The van der Waals surface area contributed by atoms with E-state index in [4.69, 9.17) is 4.74 Å². The molecular weight excluding hydrogens is 272 g/mol. The molecule has 1 saturated heterocycles. The van der Waals surface area contributed by atoms with Crippen molar-refractivity contribution in [1.82, 2.24) is 4.98 Å². The molecule has 0 saturated carbocycles. The van der Waals surface area contributed by atoms with Crippen LogP contribution in [0.25, 0.3) is 0 Å². The maximum atomic E-state index is 11.6. The molecule has 0 N–H and O–H groups in total. The largest absolute Gasteiger partial charge is 0.464 e. The van der Waals surface area contributed by atoms with Crippen LogP contribution in [0.3, 0.4) is 0 Å². The Kier molecular flexibility index (Phi) is 4.68. The lowest BCUT2D eigenvalue weighted by atomic mass is 9.74. The van der Waals surface area contributed by atoms with Crippen LogP contribution < -0.4 is 4.90 Å². The average molecular weight is 296 g/mol. The van der Waals surface area contributed by atoms with E-state index in [1.54, 1.807) is 11.3 Å². The van der Waals surface area contributed by atoms with Crippen molar-refractivity contribution in [2.24, 2.45) is 5.41 Å². The van der Waals surface area contributed by atoms with E-state index >= 15 is 0 Å². The fourth-order valence-electron chi connectivity index (χ4n) is 2.93. The SMILES string of the molecule is CCC1(CC)CCN(c2nc(C(=O)OC)c(C)s2)CC1. The average Bonchev–Trinajstić information content (AvgIpc) is 2.88. The molecular formula is C15H24N2O2S. The second kappa shape index (κ2) is 6.12. The zero-order valence-electron chi connectivity index (χ0n) is 12.9. The van der Waals surface area contributed by atoms with Gasteiger partial charge in [0.25, 0.3) is 0 Å². The quantitative estimate of drug-likeness (QED) is 0.795. The third kappa shape index (κ3) is 2.82. The number of hydrogen-bond donors (Lipinski definition) is 0. The van der Waals surface area contributed by atoms with Crippen molar-refractivity contribution in [3.63, 3.8) is 0 Å². The maximum absolute atomic E-state index is 11.6. The predicted octanol–water partition coefficient (Wildman–Crippen LogP) is 3.64. The Bertz CT molecular complexity index is 470. The topological polar surface area (TPSA) is 42.4 Å². The van der Waals surface area contributed by atoms with Crippen LogP contribution in [0.5, 0.6) is 0 Å². The molecule has 1 aromatic heterocycles. The molecule has 0 spiro atoms. The number of anilines is 1. The van der Waals surface area contributed by atoms with Gasteiger partial charge >= 0.3 is 5.97 Å². The van der Waals surface area contributed by atoms with Crippen LogP contribution in [0, 0.1) is 12.3 Å². The highest BCUT2D eigenvalue weighted by atomic mass is 32.1. The first kappa shape index (κ1) is 15.3. The number of aryl methyl sites for hydroxylation is 1. The van der Waals surface area contributed by atoms with Crippen LogP contribution >= 0.6 is 11.3 Å². The molecule has 1 aliphatic rings. The van der Waals surface area contributed by atoms with Gasteiger partial charge in [-0.1, -0.05) is 26.7 Å². The minimum absolute atomic E-state index is 0.335. The Morgan fingerprint density at radius 2 is 1.95 bits per heavy atom. The lowest BCUT2D eigenvalue weighted by Gasteiger charge is -2.40. The fraction of sp³-hybridized carbons (Fsp3) is 0.733. The van der Waals surface area contributed by atoms with Gasteiger partial charge in [0, 0.05) is 18.0 Å². The Morgan fingerprint density at radius 1 is 1.35 bits per heavy atom.